The fourth-order valence-electron chi connectivity index (χ4n) is 1.81. The summed E-state index contributed by atoms with van der Waals surface area (Å²) in [6.45, 7) is 7.12. The Balaban J connectivity index is 3.21. The van der Waals surface area contributed by atoms with E-state index in [4.69, 9.17) is 24.3 Å². The maximum atomic E-state index is 10.8. The van der Waals surface area contributed by atoms with E-state index in [2.05, 4.69) is 13.2 Å². The Labute approximate surface area is 143 Å². The van der Waals surface area contributed by atoms with Crippen molar-refractivity contribution in [1.29, 1.82) is 0 Å². The highest BCUT2D eigenvalue weighted by Crippen LogP contribution is 2.43. The first-order valence-corrected chi connectivity index (χ1v) is 9.76. The summed E-state index contributed by atoms with van der Waals surface area (Å²) in [7, 11) is -4.28. The van der Waals surface area contributed by atoms with Crippen LogP contribution >= 0.6 is 7.60 Å². The van der Waals surface area contributed by atoms with Crippen molar-refractivity contribution < 1.29 is 33.7 Å². The molecule has 7 nitrogen and oxygen atoms in total. The predicted molar refractivity (Wildman–Crippen MR) is 91.2 cm³/mol. The van der Waals surface area contributed by atoms with E-state index in [9.17, 15) is 9.36 Å². The molecule has 0 aromatic heterocycles. The molecule has 2 N–H and O–H groups in total. The maximum Gasteiger partial charge on any atom is 0.354 e. The summed E-state index contributed by atoms with van der Waals surface area (Å²) in [5.74, 6) is -0.368. The van der Waals surface area contributed by atoms with Gasteiger partial charge in [0.2, 0.25) is 0 Å². The van der Waals surface area contributed by atoms with E-state index in [0.717, 1.165) is 51.4 Å². The molecule has 0 aliphatic carbocycles. The zero-order chi connectivity index (χ0) is 18.3. The van der Waals surface area contributed by atoms with Crippen molar-refractivity contribution >= 4 is 13.6 Å². The molecule has 0 atom stereocenters. The fraction of sp³-hybridized carbons (Fsp3) is 0.688. The number of hydrogen-bond donors (Lipinski definition) is 2. The molecular weight excluding hydrogens is 335 g/mol. The van der Waals surface area contributed by atoms with Gasteiger partial charge in [-0.15, -0.1) is 0 Å². The van der Waals surface area contributed by atoms with Gasteiger partial charge in [0.05, 0.1) is 18.5 Å². The Kier molecular flexibility index (Phi) is 13.8. The summed E-state index contributed by atoms with van der Waals surface area (Å²) in [5, 5.41) is -0.290. The Morgan fingerprint density at radius 1 is 0.917 bits per heavy atom. The summed E-state index contributed by atoms with van der Waals surface area (Å²) in [4.78, 5) is 37.9. The van der Waals surface area contributed by atoms with E-state index in [-0.39, 0.29) is 17.9 Å². The van der Waals surface area contributed by atoms with Gasteiger partial charge in [0.1, 0.15) is 6.61 Å². The topological polar surface area (TPSA) is 102 Å². The van der Waals surface area contributed by atoms with E-state index >= 15 is 0 Å². The average molecular weight is 364 g/mol. The van der Waals surface area contributed by atoms with Gasteiger partial charge in [-0.3, -0.25) is 4.57 Å². The molecule has 0 aliphatic rings. The van der Waals surface area contributed by atoms with Crippen molar-refractivity contribution in [2.45, 2.75) is 51.4 Å². The van der Waals surface area contributed by atoms with Crippen molar-refractivity contribution in [1.82, 2.24) is 0 Å². The summed E-state index contributed by atoms with van der Waals surface area (Å²) < 4.78 is 15.6. The molecule has 0 unspecified atom stereocenters. The summed E-state index contributed by atoms with van der Waals surface area (Å²) >= 11 is 0. The van der Waals surface area contributed by atoms with Crippen LogP contribution in [0.25, 0.3) is 0 Å². The average Bonchev–Trinajstić information content (AvgIpc) is 2.53. The first-order valence-electron chi connectivity index (χ1n) is 8.15. The highest BCUT2D eigenvalue weighted by atomic mass is 31.2. The van der Waals surface area contributed by atoms with Gasteiger partial charge < -0.3 is 14.5 Å². The first-order chi connectivity index (χ1) is 11.4. The lowest BCUT2D eigenvalue weighted by Gasteiger charge is -2.08. The van der Waals surface area contributed by atoms with Gasteiger partial charge in [-0.05, 0) is 12.8 Å². The van der Waals surface area contributed by atoms with Crippen molar-refractivity contribution in [3.05, 3.63) is 24.5 Å². The molecular formula is C16H29O7P. The minimum absolute atomic E-state index is 0.290. The van der Waals surface area contributed by atoms with Gasteiger partial charge >= 0.3 is 13.6 Å². The molecule has 0 fully saturated rings. The Morgan fingerprint density at radius 3 is 1.92 bits per heavy atom. The molecule has 0 saturated heterocycles. The highest BCUT2D eigenvalue weighted by Gasteiger charge is 2.18. The van der Waals surface area contributed by atoms with Gasteiger partial charge in [0.25, 0.3) is 0 Å². The van der Waals surface area contributed by atoms with Gasteiger partial charge in [-0.25, -0.2) is 14.6 Å². The van der Waals surface area contributed by atoms with Crippen molar-refractivity contribution in [2.75, 3.05) is 19.8 Å². The van der Waals surface area contributed by atoms with Crippen LogP contribution in [0.4, 0.5) is 0 Å². The molecule has 0 heterocycles. The fourth-order valence-corrected chi connectivity index (χ4v) is 2.03. The second kappa shape index (κ2) is 14.4. The number of unbranched alkanes of at least 4 members (excludes halogenated alkanes) is 7. The zero-order valence-corrected chi connectivity index (χ0v) is 15.0. The third-order valence-corrected chi connectivity index (χ3v) is 4.21. The van der Waals surface area contributed by atoms with Crippen LogP contribution in [-0.2, 0) is 23.9 Å². The van der Waals surface area contributed by atoms with E-state index in [0.29, 0.717) is 13.2 Å². The Bertz CT molecular complexity index is 417. The van der Waals surface area contributed by atoms with E-state index < -0.39 is 7.60 Å². The van der Waals surface area contributed by atoms with Crippen molar-refractivity contribution in [2.24, 2.45) is 0 Å². The van der Waals surface area contributed by atoms with Gasteiger partial charge in [0.15, 0.2) is 0 Å². The monoisotopic (exact) mass is 364 g/mol. The molecule has 0 bridgehead atoms. The Hall–Kier alpha value is -0.980. The molecule has 0 radical (unpaired) electrons. The Morgan fingerprint density at radius 2 is 1.42 bits per heavy atom. The normalized spacial score (nSPS) is 11.2. The van der Waals surface area contributed by atoms with Crippen LogP contribution < -0.4 is 0 Å². The molecule has 0 amide bonds. The summed E-state index contributed by atoms with van der Waals surface area (Å²) in [6.07, 6.45) is 9.45. The van der Waals surface area contributed by atoms with E-state index in [1.54, 1.807) is 0 Å². The summed E-state index contributed by atoms with van der Waals surface area (Å²) in [5.41, 5.74) is 0. The molecule has 140 valence electrons. The number of carbonyl (C=O) groups is 1. The van der Waals surface area contributed by atoms with Crippen LogP contribution in [-0.4, -0.2) is 35.6 Å². The molecule has 8 heteroatoms. The number of carbonyl (C=O) groups excluding carboxylic acids is 1. The zero-order valence-electron chi connectivity index (χ0n) is 14.2. The molecule has 0 aromatic rings. The number of ether oxygens (including phenoxy) is 1. The second-order valence-corrected chi connectivity index (χ2v) is 7.11. The number of esters is 1. The number of rotatable bonds is 16. The van der Waals surface area contributed by atoms with Crippen LogP contribution in [0.15, 0.2) is 24.5 Å². The van der Waals surface area contributed by atoms with Crippen LogP contribution in [0, 0.1) is 0 Å². The minimum atomic E-state index is -4.28. The van der Waals surface area contributed by atoms with Crippen LogP contribution in [0.5, 0.6) is 0 Å². The quantitative estimate of drug-likeness (QED) is 0.108. The second-order valence-electron chi connectivity index (χ2n) is 5.39. The molecule has 0 rings (SSSR count). The molecule has 0 aliphatic heterocycles. The van der Waals surface area contributed by atoms with E-state index in [1.165, 1.54) is 6.08 Å². The third-order valence-electron chi connectivity index (χ3n) is 3.25. The SMILES string of the molecule is C=CC(=O)OCCCCCCCCCCOOCC(=C)P(=O)(O)O. The highest BCUT2D eigenvalue weighted by molar-refractivity contribution is 7.56. The van der Waals surface area contributed by atoms with Gasteiger partial charge in [0, 0.05) is 6.08 Å². The first kappa shape index (κ1) is 23.0. The molecule has 0 aromatic carbocycles. The van der Waals surface area contributed by atoms with Crippen molar-refractivity contribution in [3.63, 3.8) is 0 Å². The lowest BCUT2D eigenvalue weighted by molar-refractivity contribution is -0.287. The summed E-state index contributed by atoms with van der Waals surface area (Å²) in [6, 6.07) is 0. The van der Waals surface area contributed by atoms with Crippen molar-refractivity contribution in [3.8, 4) is 0 Å². The maximum absolute atomic E-state index is 10.8. The molecule has 0 spiro atoms. The van der Waals surface area contributed by atoms with Gasteiger partial charge in [-0.2, -0.15) is 0 Å². The van der Waals surface area contributed by atoms with Crippen LogP contribution in [0.3, 0.4) is 0 Å². The largest absolute Gasteiger partial charge is 0.463 e. The van der Waals surface area contributed by atoms with E-state index in [1.807, 2.05) is 0 Å². The molecule has 24 heavy (non-hydrogen) atoms. The van der Waals surface area contributed by atoms with Gasteiger partial charge in [-0.1, -0.05) is 51.7 Å². The predicted octanol–water partition coefficient (Wildman–Crippen LogP) is 3.48. The van der Waals surface area contributed by atoms with Crippen LogP contribution in [0.1, 0.15) is 51.4 Å². The lowest BCUT2D eigenvalue weighted by atomic mass is 10.1. The third kappa shape index (κ3) is 14.6. The molecule has 0 saturated carbocycles. The van der Waals surface area contributed by atoms with Crippen LogP contribution in [0.2, 0.25) is 0 Å². The number of hydrogen-bond acceptors (Lipinski definition) is 5. The minimum Gasteiger partial charge on any atom is -0.463 e. The smallest absolute Gasteiger partial charge is 0.354 e. The standard InChI is InChI=1S/C16H29O7P/c1-3-16(17)21-12-10-8-6-4-5-7-9-11-13-22-23-14-15(2)24(18,19)20/h3H,1-2,4-14H2,(H2,18,19,20). The lowest BCUT2D eigenvalue weighted by Crippen LogP contribution is -2.01.